The Labute approximate surface area is 90.1 Å². The Morgan fingerprint density at radius 3 is 2.87 bits per heavy atom. The second kappa shape index (κ2) is 5.83. The summed E-state index contributed by atoms with van der Waals surface area (Å²) >= 11 is 0. The number of benzene rings is 1. The Morgan fingerprint density at radius 2 is 2.20 bits per heavy atom. The van der Waals surface area contributed by atoms with Crippen LogP contribution in [-0.4, -0.2) is 17.8 Å². The van der Waals surface area contributed by atoms with E-state index in [1.807, 2.05) is 19.9 Å². The van der Waals surface area contributed by atoms with Gasteiger partial charge in [-0.05, 0) is 19.4 Å². The van der Waals surface area contributed by atoms with Gasteiger partial charge in [-0.3, -0.25) is 0 Å². The molecule has 3 heteroatoms. The van der Waals surface area contributed by atoms with Crippen LogP contribution in [0.25, 0.3) is 0 Å². The molecule has 0 radical (unpaired) electrons. The van der Waals surface area contributed by atoms with Crippen LogP contribution in [0, 0.1) is 12.7 Å². The van der Waals surface area contributed by atoms with Crippen molar-refractivity contribution in [1.82, 2.24) is 5.32 Å². The van der Waals surface area contributed by atoms with Crippen LogP contribution < -0.4 is 5.32 Å². The van der Waals surface area contributed by atoms with Crippen LogP contribution in [-0.2, 0) is 6.54 Å². The predicted octanol–water partition coefficient (Wildman–Crippen LogP) is 1.99. The Kier molecular flexibility index (Phi) is 4.72. The lowest BCUT2D eigenvalue weighted by Crippen LogP contribution is -2.26. The topological polar surface area (TPSA) is 32.3 Å². The summed E-state index contributed by atoms with van der Waals surface area (Å²) in [6.07, 6.45) is 0.362. The summed E-state index contributed by atoms with van der Waals surface area (Å²) in [6.45, 7) is 4.82. The van der Waals surface area contributed by atoms with Gasteiger partial charge in [0.15, 0.2) is 0 Å². The average Bonchev–Trinajstić information content (AvgIpc) is 2.23. The maximum Gasteiger partial charge on any atom is 0.127 e. The second-order valence-corrected chi connectivity index (χ2v) is 3.79. The number of aliphatic hydroxyl groups excluding tert-OH is 1. The lowest BCUT2D eigenvalue weighted by atomic mass is 10.1. The summed E-state index contributed by atoms with van der Waals surface area (Å²) < 4.78 is 13.3. The fourth-order valence-corrected chi connectivity index (χ4v) is 1.36. The minimum atomic E-state index is -0.349. The first-order chi connectivity index (χ1) is 7.13. The molecule has 0 saturated carbocycles. The molecule has 0 aliphatic rings. The zero-order valence-electron chi connectivity index (χ0n) is 9.26. The van der Waals surface area contributed by atoms with Crippen molar-refractivity contribution >= 4 is 0 Å². The van der Waals surface area contributed by atoms with E-state index in [9.17, 15) is 9.50 Å². The van der Waals surface area contributed by atoms with E-state index in [-0.39, 0.29) is 11.9 Å². The summed E-state index contributed by atoms with van der Waals surface area (Å²) in [5, 5.41) is 12.3. The first-order valence-electron chi connectivity index (χ1n) is 5.27. The lowest BCUT2D eigenvalue weighted by Gasteiger charge is -2.10. The highest BCUT2D eigenvalue weighted by molar-refractivity contribution is 5.23. The molecule has 0 spiro atoms. The Morgan fingerprint density at radius 1 is 1.47 bits per heavy atom. The number of hydrogen-bond donors (Lipinski definition) is 2. The van der Waals surface area contributed by atoms with Crippen LogP contribution in [0.5, 0.6) is 0 Å². The second-order valence-electron chi connectivity index (χ2n) is 3.79. The molecule has 0 saturated heterocycles. The van der Waals surface area contributed by atoms with Gasteiger partial charge in [-0.1, -0.05) is 24.6 Å². The van der Waals surface area contributed by atoms with Crippen LogP contribution in [0.4, 0.5) is 4.39 Å². The van der Waals surface area contributed by atoms with Crippen LogP contribution in [0.1, 0.15) is 24.5 Å². The Balaban J connectivity index is 2.46. The maximum absolute atomic E-state index is 13.3. The summed E-state index contributed by atoms with van der Waals surface area (Å²) in [5.74, 6) is -0.195. The molecule has 1 aromatic rings. The van der Waals surface area contributed by atoms with Crippen molar-refractivity contribution in [3.05, 3.63) is 35.1 Å². The monoisotopic (exact) mass is 211 g/mol. The van der Waals surface area contributed by atoms with Crippen molar-refractivity contribution in [3.8, 4) is 0 Å². The fourth-order valence-electron chi connectivity index (χ4n) is 1.36. The summed E-state index contributed by atoms with van der Waals surface area (Å²) in [4.78, 5) is 0. The van der Waals surface area contributed by atoms with Crippen molar-refractivity contribution in [3.63, 3.8) is 0 Å². The molecule has 1 unspecified atom stereocenters. The number of hydrogen-bond acceptors (Lipinski definition) is 2. The van der Waals surface area contributed by atoms with Gasteiger partial charge >= 0.3 is 0 Å². The van der Waals surface area contributed by atoms with E-state index in [1.54, 1.807) is 6.07 Å². The molecular weight excluding hydrogens is 193 g/mol. The first-order valence-corrected chi connectivity index (χ1v) is 5.27. The van der Waals surface area contributed by atoms with E-state index in [1.165, 1.54) is 6.07 Å². The van der Waals surface area contributed by atoms with Gasteiger partial charge in [0.1, 0.15) is 5.82 Å². The normalized spacial score (nSPS) is 12.8. The molecule has 15 heavy (non-hydrogen) atoms. The molecule has 0 heterocycles. The smallest absolute Gasteiger partial charge is 0.127 e. The zero-order chi connectivity index (χ0) is 11.3. The maximum atomic E-state index is 13.3. The van der Waals surface area contributed by atoms with E-state index in [2.05, 4.69) is 5.32 Å². The number of halogens is 1. The van der Waals surface area contributed by atoms with Gasteiger partial charge in [0.05, 0.1) is 6.10 Å². The minimum absolute atomic E-state index is 0.195. The van der Waals surface area contributed by atoms with Gasteiger partial charge in [0.25, 0.3) is 0 Å². The molecule has 0 bridgehead atoms. The van der Waals surface area contributed by atoms with Crippen molar-refractivity contribution in [1.29, 1.82) is 0 Å². The highest BCUT2D eigenvalue weighted by Crippen LogP contribution is 2.09. The lowest BCUT2D eigenvalue weighted by molar-refractivity contribution is 0.167. The number of nitrogens with one attached hydrogen (secondary N) is 1. The molecule has 0 aliphatic carbocycles. The Hall–Kier alpha value is -0.930. The van der Waals surface area contributed by atoms with Crippen LogP contribution in [0.3, 0.4) is 0 Å². The number of aliphatic hydroxyl groups is 1. The van der Waals surface area contributed by atoms with E-state index in [0.717, 1.165) is 5.56 Å². The zero-order valence-corrected chi connectivity index (χ0v) is 9.26. The molecule has 1 rings (SSSR count). The summed E-state index contributed by atoms with van der Waals surface area (Å²) in [7, 11) is 0. The first kappa shape index (κ1) is 12.1. The van der Waals surface area contributed by atoms with Crippen molar-refractivity contribution in [2.24, 2.45) is 0 Å². The van der Waals surface area contributed by atoms with Gasteiger partial charge in [0.2, 0.25) is 0 Å². The highest BCUT2D eigenvalue weighted by atomic mass is 19.1. The Bertz CT molecular complexity index is 314. The van der Waals surface area contributed by atoms with E-state index >= 15 is 0 Å². The third-order valence-electron chi connectivity index (χ3n) is 2.37. The third-order valence-corrected chi connectivity index (χ3v) is 2.37. The van der Waals surface area contributed by atoms with Gasteiger partial charge < -0.3 is 10.4 Å². The van der Waals surface area contributed by atoms with Gasteiger partial charge in [-0.15, -0.1) is 0 Å². The number of rotatable bonds is 5. The van der Waals surface area contributed by atoms with E-state index < -0.39 is 0 Å². The minimum Gasteiger partial charge on any atom is -0.392 e. The van der Waals surface area contributed by atoms with Gasteiger partial charge in [0, 0.05) is 18.7 Å². The van der Waals surface area contributed by atoms with Crippen molar-refractivity contribution in [2.75, 3.05) is 6.54 Å². The molecule has 0 aliphatic heterocycles. The van der Waals surface area contributed by atoms with Crippen LogP contribution in [0.15, 0.2) is 18.2 Å². The van der Waals surface area contributed by atoms with Crippen molar-refractivity contribution < 1.29 is 9.50 Å². The molecule has 0 amide bonds. The molecule has 2 nitrogen and oxygen atoms in total. The average molecular weight is 211 g/mol. The predicted molar refractivity (Wildman–Crippen MR) is 59.1 cm³/mol. The summed E-state index contributed by atoms with van der Waals surface area (Å²) in [6, 6.07) is 5.04. The van der Waals surface area contributed by atoms with Crippen molar-refractivity contribution in [2.45, 2.75) is 32.9 Å². The molecule has 84 valence electrons. The van der Waals surface area contributed by atoms with E-state index in [4.69, 9.17) is 0 Å². The third kappa shape index (κ3) is 3.98. The quantitative estimate of drug-likeness (QED) is 0.780. The molecule has 1 atom stereocenters. The largest absolute Gasteiger partial charge is 0.392 e. The SMILES string of the molecule is CCC(O)CNCc1cc(C)ccc1F. The molecular formula is C12H18FNO. The standard InChI is InChI=1S/C12H18FNO/c1-3-11(15)8-14-7-10-6-9(2)4-5-12(10)13/h4-6,11,14-15H,3,7-8H2,1-2H3. The van der Waals surface area contributed by atoms with Gasteiger partial charge in [-0.25, -0.2) is 4.39 Å². The molecule has 0 fully saturated rings. The van der Waals surface area contributed by atoms with Crippen LogP contribution in [0.2, 0.25) is 0 Å². The number of aryl methyl sites for hydroxylation is 1. The highest BCUT2D eigenvalue weighted by Gasteiger charge is 2.03. The molecule has 1 aromatic carbocycles. The molecule has 2 N–H and O–H groups in total. The van der Waals surface area contributed by atoms with Gasteiger partial charge in [-0.2, -0.15) is 0 Å². The van der Waals surface area contributed by atoms with Crippen LogP contribution >= 0.6 is 0 Å². The molecule has 0 aromatic heterocycles. The summed E-state index contributed by atoms with van der Waals surface area (Å²) in [5.41, 5.74) is 1.70. The fraction of sp³-hybridized carbons (Fsp3) is 0.500. The van der Waals surface area contributed by atoms with E-state index in [0.29, 0.717) is 25.1 Å².